The number of carbonyl (C=O) groups is 2. The van der Waals surface area contributed by atoms with E-state index in [9.17, 15) is 14.7 Å². The molecule has 0 bridgehead atoms. The number of carboxylic acids is 1. The van der Waals surface area contributed by atoms with E-state index in [1.54, 1.807) is 0 Å². The fraction of sp³-hybridized carbons (Fsp3) is 0.333. The van der Waals surface area contributed by atoms with E-state index in [4.69, 9.17) is 9.47 Å². The number of carboxylic acid groups (broad SMARTS) is 1. The number of amides is 1. The topological polar surface area (TPSA) is 84.9 Å². The first-order valence-electron chi connectivity index (χ1n) is 8.79. The van der Waals surface area contributed by atoms with Gasteiger partial charge in [0.15, 0.2) is 11.5 Å². The lowest BCUT2D eigenvalue weighted by Gasteiger charge is -2.14. The smallest absolute Gasteiger partial charge is 0.335 e. The molecule has 0 atom stereocenters. The van der Waals surface area contributed by atoms with Crippen LogP contribution >= 0.6 is 0 Å². The second-order valence-corrected chi connectivity index (χ2v) is 6.31. The summed E-state index contributed by atoms with van der Waals surface area (Å²) in [5.41, 5.74) is 2.78. The van der Waals surface area contributed by atoms with Gasteiger partial charge in [0, 0.05) is 6.42 Å². The Morgan fingerprint density at radius 2 is 1.74 bits per heavy atom. The Bertz CT molecular complexity index is 799. The molecule has 27 heavy (non-hydrogen) atoms. The van der Waals surface area contributed by atoms with E-state index in [0.717, 1.165) is 19.3 Å². The number of hydrogen-bond donors (Lipinski definition) is 2. The van der Waals surface area contributed by atoms with Crippen molar-refractivity contribution < 1.29 is 24.2 Å². The van der Waals surface area contributed by atoms with Crippen molar-refractivity contribution in [3.63, 3.8) is 0 Å². The molecule has 6 nitrogen and oxygen atoms in total. The Morgan fingerprint density at radius 1 is 1.04 bits per heavy atom. The second-order valence-electron chi connectivity index (χ2n) is 6.31. The highest BCUT2D eigenvalue weighted by Crippen LogP contribution is 2.36. The average Bonchev–Trinajstić information content (AvgIpc) is 2.65. The number of benzene rings is 2. The van der Waals surface area contributed by atoms with E-state index in [1.807, 2.05) is 0 Å². The monoisotopic (exact) mass is 371 g/mol. The molecule has 0 saturated carbocycles. The van der Waals surface area contributed by atoms with E-state index in [1.165, 1.54) is 37.5 Å². The molecule has 0 saturated heterocycles. The summed E-state index contributed by atoms with van der Waals surface area (Å²) in [6.45, 7) is 2.05. The lowest BCUT2D eigenvalue weighted by Crippen LogP contribution is -2.13. The third kappa shape index (κ3) is 5.74. The maximum atomic E-state index is 12.3. The van der Waals surface area contributed by atoms with Gasteiger partial charge < -0.3 is 19.9 Å². The van der Waals surface area contributed by atoms with Crippen molar-refractivity contribution in [2.75, 3.05) is 19.5 Å². The first-order valence-corrected chi connectivity index (χ1v) is 8.79. The summed E-state index contributed by atoms with van der Waals surface area (Å²) in [5, 5.41) is 11.9. The predicted octanol–water partition coefficient (Wildman–Crippen LogP) is 4.06. The molecule has 2 aromatic carbocycles. The Morgan fingerprint density at radius 3 is 2.33 bits per heavy atom. The highest BCUT2D eigenvalue weighted by Gasteiger charge is 2.17. The number of methoxy groups -OCH3 is 2. The maximum absolute atomic E-state index is 12.3. The Hall–Kier alpha value is -3.02. The molecule has 0 unspecified atom stereocenters. The minimum absolute atomic E-state index is 0.0160. The van der Waals surface area contributed by atoms with Crippen LogP contribution in [0.15, 0.2) is 36.4 Å². The minimum atomic E-state index is -1.11. The van der Waals surface area contributed by atoms with Crippen LogP contribution in [0.4, 0.5) is 5.69 Å². The van der Waals surface area contributed by atoms with Crippen molar-refractivity contribution >= 4 is 17.6 Å². The molecule has 2 rings (SSSR count). The van der Waals surface area contributed by atoms with E-state index in [2.05, 4.69) is 36.5 Å². The van der Waals surface area contributed by atoms with Crippen LogP contribution in [0.25, 0.3) is 0 Å². The summed E-state index contributed by atoms with van der Waals surface area (Å²) in [7, 11) is 2.86. The van der Waals surface area contributed by atoms with Crippen molar-refractivity contribution in [1.29, 1.82) is 0 Å². The summed E-state index contributed by atoms with van der Waals surface area (Å²) >= 11 is 0. The normalized spacial score (nSPS) is 10.3. The summed E-state index contributed by atoms with van der Waals surface area (Å²) in [6.07, 6.45) is 2.89. The van der Waals surface area contributed by atoms with Crippen LogP contribution in [0, 0.1) is 6.92 Å². The number of carbonyl (C=O) groups excluding carboxylic acids is 1. The molecule has 0 aliphatic carbocycles. The molecule has 1 amide bonds. The highest BCUT2D eigenvalue weighted by molar-refractivity contribution is 5.96. The van der Waals surface area contributed by atoms with Gasteiger partial charge in [0.25, 0.3) is 0 Å². The molecule has 0 fully saturated rings. The Labute approximate surface area is 159 Å². The molecule has 2 N–H and O–H groups in total. The standard InChI is InChI=1S/C21H25NO5/c1-14-8-10-15(11-9-14)6-4-5-7-19(23)22-17-12-16(21(24)25)13-18(26-2)20(17)27-3/h8-13H,4-7H2,1-3H3,(H,22,23)(H,24,25). The van der Waals surface area contributed by atoms with Gasteiger partial charge >= 0.3 is 5.97 Å². The third-order valence-corrected chi connectivity index (χ3v) is 4.24. The lowest BCUT2D eigenvalue weighted by molar-refractivity contribution is -0.116. The zero-order valence-electron chi connectivity index (χ0n) is 15.9. The molecule has 0 aliphatic rings. The number of aromatic carboxylic acids is 1. The number of nitrogens with one attached hydrogen (secondary N) is 1. The number of aryl methyl sites for hydroxylation is 2. The van der Waals surface area contributed by atoms with Crippen LogP contribution in [0.2, 0.25) is 0 Å². The zero-order valence-corrected chi connectivity index (χ0v) is 15.9. The van der Waals surface area contributed by atoms with E-state index < -0.39 is 5.97 Å². The highest BCUT2D eigenvalue weighted by atomic mass is 16.5. The van der Waals surface area contributed by atoms with Crippen LogP contribution in [-0.4, -0.2) is 31.2 Å². The van der Waals surface area contributed by atoms with Gasteiger partial charge in [-0.1, -0.05) is 29.8 Å². The van der Waals surface area contributed by atoms with Gasteiger partial charge in [0.05, 0.1) is 25.5 Å². The predicted molar refractivity (Wildman–Crippen MR) is 104 cm³/mol. The van der Waals surface area contributed by atoms with Gasteiger partial charge in [-0.25, -0.2) is 4.79 Å². The van der Waals surface area contributed by atoms with Gasteiger partial charge in [0.2, 0.25) is 5.91 Å². The lowest BCUT2D eigenvalue weighted by atomic mass is 10.1. The quantitative estimate of drug-likeness (QED) is 0.649. The number of unbranched alkanes of at least 4 members (excludes halogenated alkanes) is 1. The zero-order chi connectivity index (χ0) is 19.8. The Balaban J connectivity index is 1.95. The third-order valence-electron chi connectivity index (χ3n) is 4.24. The summed E-state index contributed by atoms with van der Waals surface area (Å²) in [4.78, 5) is 23.5. The SMILES string of the molecule is COc1cc(C(=O)O)cc(NC(=O)CCCCc2ccc(C)cc2)c1OC. The average molecular weight is 371 g/mol. The van der Waals surface area contributed by atoms with Crippen molar-refractivity contribution in [2.45, 2.75) is 32.6 Å². The molecule has 144 valence electrons. The molecular weight excluding hydrogens is 346 g/mol. The van der Waals surface area contributed by atoms with Gasteiger partial charge in [-0.15, -0.1) is 0 Å². The van der Waals surface area contributed by atoms with E-state index >= 15 is 0 Å². The molecule has 6 heteroatoms. The van der Waals surface area contributed by atoms with Gasteiger partial charge in [0.1, 0.15) is 0 Å². The van der Waals surface area contributed by atoms with Crippen LogP contribution < -0.4 is 14.8 Å². The number of anilines is 1. The summed E-state index contributed by atoms with van der Waals surface area (Å²) in [6, 6.07) is 11.1. The van der Waals surface area contributed by atoms with E-state index in [-0.39, 0.29) is 22.9 Å². The van der Waals surface area contributed by atoms with Crippen LogP contribution in [0.3, 0.4) is 0 Å². The number of rotatable bonds is 9. The molecular formula is C21H25NO5. The second kappa shape index (κ2) is 9.62. The summed E-state index contributed by atoms with van der Waals surface area (Å²) < 4.78 is 10.4. The molecule has 0 aliphatic heterocycles. The fourth-order valence-corrected chi connectivity index (χ4v) is 2.76. The van der Waals surface area contributed by atoms with Crippen LogP contribution in [-0.2, 0) is 11.2 Å². The first-order chi connectivity index (χ1) is 12.9. The van der Waals surface area contributed by atoms with Crippen molar-refractivity contribution in [3.05, 3.63) is 53.1 Å². The number of hydrogen-bond acceptors (Lipinski definition) is 4. The number of ether oxygens (including phenoxy) is 2. The van der Waals surface area contributed by atoms with Crippen LogP contribution in [0.1, 0.15) is 40.7 Å². The molecule has 0 radical (unpaired) electrons. The van der Waals surface area contributed by atoms with Gasteiger partial charge in [-0.2, -0.15) is 0 Å². The molecule has 0 aromatic heterocycles. The molecule has 0 spiro atoms. The van der Waals surface area contributed by atoms with Crippen LogP contribution in [0.5, 0.6) is 11.5 Å². The van der Waals surface area contributed by atoms with Crippen molar-refractivity contribution in [3.8, 4) is 11.5 Å². The molecule has 2 aromatic rings. The van der Waals surface area contributed by atoms with Gasteiger partial charge in [-0.05, 0) is 43.9 Å². The van der Waals surface area contributed by atoms with E-state index in [0.29, 0.717) is 12.2 Å². The van der Waals surface area contributed by atoms with Crippen molar-refractivity contribution in [1.82, 2.24) is 0 Å². The van der Waals surface area contributed by atoms with Crippen molar-refractivity contribution in [2.24, 2.45) is 0 Å². The van der Waals surface area contributed by atoms with Gasteiger partial charge in [-0.3, -0.25) is 4.79 Å². The fourth-order valence-electron chi connectivity index (χ4n) is 2.76. The first kappa shape index (κ1) is 20.3. The maximum Gasteiger partial charge on any atom is 0.335 e. The molecule has 0 heterocycles. The minimum Gasteiger partial charge on any atom is -0.493 e. The Kier molecular flexibility index (Phi) is 7.23. The summed E-state index contributed by atoms with van der Waals surface area (Å²) in [5.74, 6) is -0.742. The largest absolute Gasteiger partial charge is 0.493 e.